The topological polar surface area (TPSA) is 85.3 Å². The number of hydrogen-bond acceptors (Lipinski definition) is 3. The van der Waals surface area contributed by atoms with Crippen LogP contribution in [-0.2, 0) is 11.2 Å². The van der Waals surface area contributed by atoms with Crippen molar-refractivity contribution < 1.29 is 14.0 Å². The summed E-state index contributed by atoms with van der Waals surface area (Å²) in [5.74, 6) is -0.882. The molecule has 0 saturated carbocycles. The van der Waals surface area contributed by atoms with Crippen molar-refractivity contribution in [3.63, 3.8) is 0 Å². The molecule has 0 spiro atoms. The maximum Gasteiger partial charge on any atom is 0.287 e. The van der Waals surface area contributed by atoms with Crippen molar-refractivity contribution in [3.8, 4) is 0 Å². The second kappa shape index (κ2) is 5.86. The van der Waals surface area contributed by atoms with Gasteiger partial charge in [-0.25, -0.2) is 0 Å². The number of hydrogen-bond donors (Lipinski definition) is 2. The van der Waals surface area contributed by atoms with Crippen LogP contribution in [0, 0.1) is 0 Å². The lowest BCUT2D eigenvalue weighted by molar-refractivity contribution is -0.119. The minimum absolute atomic E-state index is 0.152. The van der Waals surface area contributed by atoms with E-state index in [1.54, 1.807) is 6.07 Å². The number of nitrogens with one attached hydrogen (secondary N) is 1. The van der Waals surface area contributed by atoms with Crippen molar-refractivity contribution >= 4 is 11.8 Å². The second-order valence-corrected chi connectivity index (χ2v) is 4.10. The van der Waals surface area contributed by atoms with Crippen molar-refractivity contribution in [1.82, 2.24) is 5.32 Å². The maximum atomic E-state index is 11.8. The maximum absolute atomic E-state index is 11.8. The van der Waals surface area contributed by atoms with Crippen molar-refractivity contribution in [1.29, 1.82) is 0 Å². The standard InChI is InChI=1S/C14H14N2O3/c15-13(17)11(9-10-5-2-1-3-6-10)16-14(18)12-7-4-8-19-12/h1-8,11H,9H2,(H2,15,17)(H,16,18)/t11-/m1/s1. The summed E-state index contributed by atoms with van der Waals surface area (Å²) in [6.07, 6.45) is 1.74. The van der Waals surface area contributed by atoms with E-state index in [1.165, 1.54) is 12.3 Å². The Balaban J connectivity index is 2.05. The highest BCUT2D eigenvalue weighted by Gasteiger charge is 2.20. The molecule has 0 unspecified atom stereocenters. The van der Waals surface area contributed by atoms with E-state index >= 15 is 0 Å². The molecule has 0 aliphatic heterocycles. The Morgan fingerprint density at radius 1 is 1.16 bits per heavy atom. The molecule has 1 heterocycles. The van der Waals surface area contributed by atoms with Gasteiger partial charge in [0.2, 0.25) is 5.91 Å². The molecule has 0 aliphatic rings. The predicted molar refractivity (Wildman–Crippen MR) is 69.3 cm³/mol. The second-order valence-electron chi connectivity index (χ2n) is 4.10. The van der Waals surface area contributed by atoms with Crippen LogP contribution in [0.3, 0.4) is 0 Å². The van der Waals surface area contributed by atoms with Crippen LogP contribution >= 0.6 is 0 Å². The van der Waals surface area contributed by atoms with E-state index in [-0.39, 0.29) is 5.76 Å². The molecule has 2 amide bonds. The van der Waals surface area contributed by atoms with Crippen LogP contribution in [0.1, 0.15) is 16.1 Å². The third kappa shape index (κ3) is 3.45. The van der Waals surface area contributed by atoms with Crippen LogP contribution in [0.2, 0.25) is 0 Å². The highest BCUT2D eigenvalue weighted by Crippen LogP contribution is 2.05. The SMILES string of the molecule is NC(=O)[C@@H](Cc1ccccc1)NC(=O)c1ccco1. The van der Waals surface area contributed by atoms with Gasteiger partial charge in [-0.05, 0) is 17.7 Å². The molecule has 1 atom stereocenters. The van der Waals surface area contributed by atoms with Crippen molar-refractivity contribution in [2.75, 3.05) is 0 Å². The fourth-order valence-electron chi connectivity index (χ4n) is 1.71. The van der Waals surface area contributed by atoms with Crippen molar-refractivity contribution in [3.05, 3.63) is 60.1 Å². The van der Waals surface area contributed by atoms with Gasteiger partial charge in [0.1, 0.15) is 6.04 Å². The molecule has 2 rings (SSSR count). The molecule has 98 valence electrons. The van der Waals surface area contributed by atoms with Crippen LogP contribution in [0.25, 0.3) is 0 Å². The number of benzene rings is 1. The number of primary amides is 1. The van der Waals surface area contributed by atoms with Gasteiger partial charge in [0.25, 0.3) is 5.91 Å². The Labute approximate surface area is 110 Å². The quantitative estimate of drug-likeness (QED) is 0.842. The van der Waals surface area contributed by atoms with E-state index in [0.717, 1.165) is 5.56 Å². The minimum atomic E-state index is -0.764. The molecule has 5 nitrogen and oxygen atoms in total. The van der Waals surface area contributed by atoms with Crippen LogP contribution in [0.15, 0.2) is 53.1 Å². The first-order valence-corrected chi connectivity index (χ1v) is 5.84. The zero-order valence-electron chi connectivity index (χ0n) is 10.2. The molecule has 0 fully saturated rings. The monoisotopic (exact) mass is 258 g/mol. The van der Waals surface area contributed by atoms with Gasteiger partial charge < -0.3 is 15.5 Å². The smallest absolute Gasteiger partial charge is 0.287 e. The molecule has 1 aromatic carbocycles. The Hall–Kier alpha value is -2.56. The van der Waals surface area contributed by atoms with Gasteiger partial charge in [0.15, 0.2) is 5.76 Å². The normalized spacial score (nSPS) is 11.8. The van der Waals surface area contributed by atoms with Gasteiger partial charge >= 0.3 is 0 Å². The Morgan fingerprint density at radius 3 is 2.47 bits per heavy atom. The van der Waals surface area contributed by atoms with E-state index < -0.39 is 17.9 Å². The molecular weight excluding hydrogens is 244 g/mol. The Morgan fingerprint density at radius 2 is 1.89 bits per heavy atom. The number of furan rings is 1. The molecule has 19 heavy (non-hydrogen) atoms. The first kappa shape index (κ1) is 12.9. The van der Waals surface area contributed by atoms with E-state index in [0.29, 0.717) is 6.42 Å². The number of nitrogens with two attached hydrogens (primary N) is 1. The Kier molecular flexibility index (Phi) is 3.97. The van der Waals surface area contributed by atoms with Crippen LogP contribution < -0.4 is 11.1 Å². The third-order valence-electron chi connectivity index (χ3n) is 2.68. The fourth-order valence-corrected chi connectivity index (χ4v) is 1.71. The van der Waals surface area contributed by atoms with Gasteiger partial charge in [-0.1, -0.05) is 30.3 Å². The summed E-state index contributed by atoms with van der Waals surface area (Å²) in [5.41, 5.74) is 6.22. The lowest BCUT2D eigenvalue weighted by atomic mass is 10.1. The van der Waals surface area contributed by atoms with Crippen LogP contribution in [0.4, 0.5) is 0 Å². The zero-order valence-corrected chi connectivity index (χ0v) is 10.2. The predicted octanol–water partition coefficient (Wildman–Crippen LogP) is 1.11. The summed E-state index contributed by atoms with van der Waals surface area (Å²) in [7, 11) is 0. The molecule has 0 saturated heterocycles. The fraction of sp³-hybridized carbons (Fsp3) is 0.143. The third-order valence-corrected chi connectivity index (χ3v) is 2.68. The molecule has 0 aliphatic carbocycles. The van der Waals surface area contributed by atoms with E-state index in [1.807, 2.05) is 30.3 Å². The number of carbonyl (C=O) groups excluding carboxylic acids is 2. The average Bonchev–Trinajstić information content (AvgIpc) is 2.93. The summed E-state index contributed by atoms with van der Waals surface area (Å²) in [4.78, 5) is 23.2. The van der Waals surface area contributed by atoms with Gasteiger partial charge in [0, 0.05) is 6.42 Å². The highest BCUT2D eigenvalue weighted by molar-refractivity contribution is 5.95. The first-order valence-electron chi connectivity index (χ1n) is 5.84. The van der Waals surface area contributed by atoms with Gasteiger partial charge in [-0.2, -0.15) is 0 Å². The highest BCUT2D eigenvalue weighted by atomic mass is 16.3. The lowest BCUT2D eigenvalue weighted by Gasteiger charge is -2.14. The first-order chi connectivity index (χ1) is 9.16. The number of rotatable bonds is 5. The zero-order chi connectivity index (χ0) is 13.7. The molecule has 3 N–H and O–H groups in total. The van der Waals surface area contributed by atoms with E-state index in [2.05, 4.69) is 5.32 Å². The van der Waals surface area contributed by atoms with E-state index in [9.17, 15) is 9.59 Å². The van der Waals surface area contributed by atoms with Crippen molar-refractivity contribution in [2.24, 2.45) is 5.73 Å². The molecule has 0 radical (unpaired) electrons. The molecule has 1 aromatic heterocycles. The molecular formula is C14H14N2O3. The number of carbonyl (C=O) groups is 2. The van der Waals surface area contributed by atoms with E-state index in [4.69, 9.17) is 10.2 Å². The Bertz CT molecular complexity index is 549. The molecule has 2 aromatic rings. The summed E-state index contributed by atoms with van der Waals surface area (Å²) in [6.45, 7) is 0. The molecule has 5 heteroatoms. The lowest BCUT2D eigenvalue weighted by Crippen LogP contribution is -2.45. The van der Waals surface area contributed by atoms with Crippen molar-refractivity contribution in [2.45, 2.75) is 12.5 Å². The molecule has 0 bridgehead atoms. The van der Waals surface area contributed by atoms with Gasteiger partial charge in [-0.3, -0.25) is 9.59 Å². The summed E-state index contributed by atoms with van der Waals surface area (Å²) >= 11 is 0. The number of amides is 2. The summed E-state index contributed by atoms with van der Waals surface area (Å²) in [6, 6.07) is 11.7. The largest absolute Gasteiger partial charge is 0.459 e. The van der Waals surface area contributed by atoms with Gasteiger partial charge in [-0.15, -0.1) is 0 Å². The van der Waals surface area contributed by atoms with Gasteiger partial charge in [0.05, 0.1) is 6.26 Å². The summed E-state index contributed by atoms with van der Waals surface area (Å²) in [5, 5.41) is 2.56. The minimum Gasteiger partial charge on any atom is -0.459 e. The summed E-state index contributed by atoms with van der Waals surface area (Å²) < 4.78 is 4.96. The van der Waals surface area contributed by atoms with Crippen LogP contribution in [0.5, 0.6) is 0 Å². The average molecular weight is 258 g/mol. The van der Waals surface area contributed by atoms with Crippen LogP contribution in [-0.4, -0.2) is 17.9 Å².